The molecule has 16 heavy (non-hydrogen) atoms. The summed E-state index contributed by atoms with van der Waals surface area (Å²) in [7, 11) is 0. The molecule has 2 N–H and O–H groups in total. The Morgan fingerprint density at radius 1 is 1.50 bits per heavy atom. The number of rotatable bonds is 4. The van der Waals surface area contributed by atoms with Crippen molar-refractivity contribution >= 4 is 5.97 Å². The molecule has 0 aliphatic carbocycles. The number of carbonyl (C=O) groups excluding carboxylic acids is 1. The SMILES string of the molecule is CCOC(=O)[C@@H](N)Cc1ccc(F)cc1F. The Balaban J connectivity index is 2.69. The van der Waals surface area contributed by atoms with Gasteiger partial charge in [-0.2, -0.15) is 0 Å². The highest BCUT2D eigenvalue weighted by Crippen LogP contribution is 2.11. The van der Waals surface area contributed by atoms with Crippen LogP contribution < -0.4 is 5.73 Å². The Morgan fingerprint density at radius 2 is 2.19 bits per heavy atom. The van der Waals surface area contributed by atoms with Gasteiger partial charge in [-0.25, -0.2) is 8.78 Å². The van der Waals surface area contributed by atoms with Crippen molar-refractivity contribution in [3.8, 4) is 0 Å². The van der Waals surface area contributed by atoms with E-state index in [0.717, 1.165) is 12.1 Å². The number of esters is 1. The number of carbonyl (C=O) groups is 1. The first-order valence-electron chi connectivity index (χ1n) is 4.90. The summed E-state index contributed by atoms with van der Waals surface area (Å²) in [6.07, 6.45) is -0.00898. The third-order valence-corrected chi connectivity index (χ3v) is 2.04. The van der Waals surface area contributed by atoms with Crippen molar-refractivity contribution in [2.24, 2.45) is 5.73 Å². The first-order valence-corrected chi connectivity index (χ1v) is 4.90. The van der Waals surface area contributed by atoms with E-state index in [1.165, 1.54) is 6.07 Å². The standard InChI is InChI=1S/C11H13F2NO2/c1-2-16-11(15)10(14)5-7-3-4-8(12)6-9(7)13/h3-4,6,10H,2,5,14H2,1H3/t10-/m0/s1. The number of nitrogens with two attached hydrogens (primary N) is 1. The molecule has 88 valence electrons. The fourth-order valence-corrected chi connectivity index (χ4v) is 1.26. The third kappa shape index (κ3) is 3.27. The van der Waals surface area contributed by atoms with Crippen LogP contribution in [0.4, 0.5) is 8.78 Å². The van der Waals surface area contributed by atoms with Crippen LogP contribution in [-0.4, -0.2) is 18.6 Å². The zero-order chi connectivity index (χ0) is 12.1. The largest absolute Gasteiger partial charge is 0.465 e. The Hall–Kier alpha value is -1.49. The highest BCUT2D eigenvalue weighted by Gasteiger charge is 2.17. The summed E-state index contributed by atoms with van der Waals surface area (Å²) in [5.74, 6) is -1.96. The predicted molar refractivity (Wildman–Crippen MR) is 54.7 cm³/mol. The summed E-state index contributed by atoms with van der Waals surface area (Å²) >= 11 is 0. The Bertz CT molecular complexity index is 382. The quantitative estimate of drug-likeness (QED) is 0.794. The van der Waals surface area contributed by atoms with E-state index >= 15 is 0 Å². The van der Waals surface area contributed by atoms with Crippen LogP contribution in [0.15, 0.2) is 18.2 Å². The van der Waals surface area contributed by atoms with Crippen molar-refractivity contribution in [2.45, 2.75) is 19.4 Å². The predicted octanol–water partition coefficient (Wildman–Crippen LogP) is 1.40. The first kappa shape index (κ1) is 12.6. The van der Waals surface area contributed by atoms with Crippen molar-refractivity contribution in [3.63, 3.8) is 0 Å². The lowest BCUT2D eigenvalue weighted by Crippen LogP contribution is -2.34. The molecule has 5 heteroatoms. The number of hydrogen-bond acceptors (Lipinski definition) is 3. The van der Waals surface area contributed by atoms with E-state index in [9.17, 15) is 13.6 Å². The number of halogens is 2. The number of ether oxygens (including phenoxy) is 1. The minimum Gasteiger partial charge on any atom is -0.465 e. The summed E-state index contributed by atoms with van der Waals surface area (Å²) in [5.41, 5.74) is 5.70. The maximum Gasteiger partial charge on any atom is 0.323 e. The average molecular weight is 229 g/mol. The first-order chi connectivity index (χ1) is 7.54. The van der Waals surface area contributed by atoms with Crippen LogP contribution in [0.5, 0.6) is 0 Å². The van der Waals surface area contributed by atoms with Crippen LogP contribution in [0.1, 0.15) is 12.5 Å². The molecular formula is C11H13F2NO2. The molecule has 0 radical (unpaired) electrons. The topological polar surface area (TPSA) is 52.3 Å². The fourth-order valence-electron chi connectivity index (χ4n) is 1.26. The molecule has 1 rings (SSSR count). The van der Waals surface area contributed by atoms with E-state index in [-0.39, 0.29) is 18.6 Å². The Labute approximate surface area is 92.2 Å². The number of benzene rings is 1. The van der Waals surface area contributed by atoms with Crippen molar-refractivity contribution in [1.82, 2.24) is 0 Å². The minimum atomic E-state index is -0.931. The molecular weight excluding hydrogens is 216 g/mol. The molecule has 1 aromatic rings. The molecule has 0 heterocycles. The van der Waals surface area contributed by atoms with E-state index in [0.29, 0.717) is 0 Å². The van der Waals surface area contributed by atoms with E-state index in [4.69, 9.17) is 5.73 Å². The minimum absolute atomic E-state index is 0.00898. The van der Waals surface area contributed by atoms with E-state index in [1.54, 1.807) is 6.92 Å². The molecule has 0 spiro atoms. The van der Waals surface area contributed by atoms with Gasteiger partial charge in [0, 0.05) is 12.5 Å². The molecule has 0 aliphatic rings. The van der Waals surface area contributed by atoms with Gasteiger partial charge in [0.25, 0.3) is 0 Å². The molecule has 1 atom stereocenters. The van der Waals surface area contributed by atoms with Gasteiger partial charge in [-0.3, -0.25) is 4.79 Å². The van der Waals surface area contributed by atoms with Gasteiger partial charge in [-0.05, 0) is 18.6 Å². The average Bonchev–Trinajstić information content (AvgIpc) is 2.22. The normalized spacial score (nSPS) is 12.2. The second kappa shape index (κ2) is 5.55. The number of hydrogen-bond donors (Lipinski definition) is 1. The summed E-state index contributed by atoms with van der Waals surface area (Å²) in [6, 6.07) is 2.22. The smallest absolute Gasteiger partial charge is 0.323 e. The molecule has 0 saturated carbocycles. The summed E-state index contributed by atoms with van der Waals surface area (Å²) in [6.45, 7) is 1.88. The van der Waals surface area contributed by atoms with E-state index in [1.807, 2.05) is 0 Å². The van der Waals surface area contributed by atoms with Gasteiger partial charge in [0.2, 0.25) is 0 Å². The van der Waals surface area contributed by atoms with Gasteiger partial charge in [-0.1, -0.05) is 6.07 Å². The van der Waals surface area contributed by atoms with Gasteiger partial charge in [0.05, 0.1) is 6.61 Å². The van der Waals surface area contributed by atoms with Crippen molar-refractivity contribution in [1.29, 1.82) is 0 Å². The van der Waals surface area contributed by atoms with Gasteiger partial charge in [-0.15, -0.1) is 0 Å². The molecule has 0 fully saturated rings. The zero-order valence-corrected chi connectivity index (χ0v) is 8.87. The van der Waals surface area contributed by atoms with Crippen LogP contribution in [0, 0.1) is 11.6 Å². The van der Waals surface area contributed by atoms with E-state index < -0.39 is 23.6 Å². The monoisotopic (exact) mass is 229 g/mol. The summed E-state index contributed by atoms with van der Waals surface area (Å²) in [5, 5.41) is 0. The highest BCUT2D eigenvalue weighted by molar-refractivity contribution is 5.75. The lowest BCUT2D eigenvalue weighted by molar-refractivity contribution is -0.144. The van der Waals surface area contributed by atoms with Gasteiger partial charge in [0.1, 0.15) is 17.7 Å². The van der Waals surface area contributed by atoms with Crippen LogP contribution in [-0.2, 0) is 16.0 Å². The Morgan fingerprint density at radius 3 is 2.75 bits per heavy atom. The molecule has 0 bridgehead atoms. The molecule has 0 saturated heterocycles. The molecule has 0 aliphatic heterocycles. The van der Waals surface area contributed by atoms with Crippen molar-refractivity contribution in [2.75, 3.05) is 6.61 Å². The Kier molecular flexibility index (Phi) is 4.37. The molecule has 0 amide bonds. The highest BCUT2D eigenvalue weighted by atomic mass is 19.1. The maximum atomic E-state index is 13.2. The van der Waals surface area contributed by atoms with Crippen molar-refractivity contribution in [3.05, 3.63) is 35.4 Å². The van der Waals surface area contributed by atoms with Gasteiger partial charge in [0.15, 0.2) is 0 Å². The van der Waals surface area contributed by atoms with Crippen LogP contribution >= 0.6 is 0 Å². The lowest BCUT2D eigenvalue weighted by atomic mass is 10.1. The second-order valence-electron chi connectivity index (χ2n) is 3.30. The van der Waals surface area contributed by atoms with Gasteiger partial charge >= 0.3 is 5.97 Å². The molecule has 1 aromatic carbocycles. The second-order valence-corrected chi connectivity index (χ2v) is 3.30. The van der Waals surface area contributed by atoms with Crippen LogP contribution in [0.25, 0.3) is 0 Å². The van der Waals surface area contributed by atoms with Gasteiger partial charge < -0.3 is 10.5 Å². The summed E-state index contributed by atoms with van der Waals surface area (Å²) < 4.78 is 30.5. The zero-order valence-electron chi connectivity index (χ0n) is 8.87. The van der Waals surface area contributed by atoms with Crippen molar-refractivity contribution < 1.29 is 18.3 Å². The van der Waals surface area contributed by atoms with Crippen LogP contribution in [0.3, 0.4) is 0 Å². The summed E-state index contributed by atoms with van der Waals surface area (Å²) in [4.78, 5) is 11.2. The van der Waals surface area contributed by atoms with E-state index in [2.05, 4.69) is 4.74 Å². The lowest BCUT2D eigenvalue weighted by Gasteiger charge is -2.10. The molecule has 0 aromatic heterocycles. The molecule has 3 nitrogen and oxygen atoms in total. The maximum absolute atomic E-state index is 13.2. The third-order valence-electron chi connectivity index (χ3n) is 2.04. The fraction of sp³-hybridized carbons (Fsp3) is 0.364. The molecule has 0 unspecified atom stereocenters. The van der Waals surface area contributed by atoms with Crippen LogP contribution in [0.2, 0.25) is 0 Å².